The summed E-state index contributed by atoms with van der Waals surface area (Å²) in [5.41, 5.74) is 6.61. The van der Waals surface area contributed by atoms with Crippen LogP contribution in [-0.4, -0.2) is 24.3 Å². The van der Waals surface area contributed by atoms with Crippen LogP contribution in [0.2, 0.25) is 0 Å². The normalized spacial score (nSPS) is 14.9. The molecule has 1 aliphatic rings. The lowest BCUT2D eigenvalue weighted by Crippen LogP contribution is -2.46. The van der Waals surface area contributed by atoms with Crippen LogP contribution in [0.1, 0.15) is 43.2 Å². The van der Waals surface area contributed by atoms with Gasteiger partial charge in [0.15, 0.2) is 0 Å². The van der Waals surface area contributed by atoms with Gasteiger partial charge in [-0.1, -0.05) is 49.1 Å². The molecular weight excluding hydrogens is 318 g/mol. The number of amides is 3. The lowest BCUT2D eigenvalue weighted by molar-refractivity contribution is -0.130. The molecule has 0 bridgehead atoms. The number of carbonyl (C=O) groups excluding carboxylic acids is 3. The molecule has 3 amide bonds. The SMILES string of the molecule is Cc1ccc(C=CC(=O)NNC(=O)CNC(=O)C2CCCCC2)cc1. The second kappa shape index (κ2) is 9.61. The molecule has 0 unspecified atom stereocenters. The zero-order valence-corrected chi connectivity index (χ0v) is 14.5. The fourth-order valence-corrected chi connectivity index (χ4v) is 2.74. The van der Waals surface area contributed by atoms with Crippen molar-refractivity contribution in [2.45, 2.75) is 39.0 Å². The molecule has 1 aromatic rings. The van der Waals surface area contributed by atoms with Crippen LogP contribution < -0.4 is 16.2 Å². The third-order valence-electron chi connectivity index (χ3n) is 4.23. The van der Waals surface area contributed by atoms with Crippen molar-refractivity contribution < 1.29 is 14.4 Å². The standard InChI is InChI=1S/C19H25N3O3/c1-14-7-9-15(10-8-14)11-12-17(23)21-22-18(24)13-20-19(25)16-5-3-2-4-6-16/h7-12,16H,2-6,13H2,1H3,(H,20,25)(H,21,23)(H,22,24). The lowest BCUT2D eigenvalue weighted by atomic mass is 9.89. The summed E-state index contributed by atoms with van der Waals surface area (Å²) in [6.07, 6.45) is 8.06. The average Bonchev–Trinajstić information content (AvgIpc) is 2.64. The van der Waals surface area contributed by atoms with Gasteiger partial charge in [-0.05, 0) is 31.4 Å². The van der Waals surface area contributed by atoms with Crippen molar-refractivity contribution in [2.24, 2.45) is 5.92 Å². The van der Waals surface area contributed by atoms with E-state index in [0.29, 0.717) is 0 Å². The molecule has 0 aliphatic heterocycles. The van der Waals surface area contributed by atoms with Gasteiger partial charge in [0.25, 0.3) is 11.8 Å². The molecule has 1 fully saturated rings. The number of hydrogen-bond donors (Lipinski definition) is 3. The van der Waals surface area contributed by atoms with E-state index >= 15 is 0 Å². The van der Waals surface area contributed by atoms with Crippen molar-refractivity contribution in [1.29, 1.82) is 0 Å². The Kier molecular flexibility index (Phi) is 7.19. The third-order valence-corrected chi connectivity index (χ3v) is 4.23. The maximum Gasteiger partial charge on any atom is 0.262 e. The molecule has 6 nitrogen and oxygen atoms in total. The quantitative estimate of drug-likeness (QED) is 0.563. The summed E-state index contributed by atoms with van der Waals surface area (Å²) in [4.78, 5) is 35.3. The van der Waals surface area contributed by atoms with Crippen molar-refractivity contribution in [1.82, 2.24) is 16.2 Å². The lowest BCUT2D eigenvalue weighted by Gasteiger charge is -2.20. The Hall–Kier alpha value is -2.63. The van der Waals surface area contributed by atoms with E-state index < -0.39 is 11.8 Å². The monoisotopic (exact) mass is 343 g/mol. The molecule has 25 heavy (non-hydrogen) atoms. The van der Waals surface area contributed by atoms with E-state index in [1.807, 2.05) is 31.2 Å². The van der Waals surface area contributed by atoms with Gasteiger partial charge in [-0.2, -0.15) is 0 Å². The smallest absolute Gasteiger partial charge is 0.262 e. The van der Waals surface area contributed by atoms with Gasteiger partial charge in [-0.3, -0.25) is 25.2 Å². The van der Waals surface area contributed by atoms with Crippen LogP contribution in [0.4, 0.5) is 0 Å². The minimum Gasteiger partial charge on any atom is -0.347 e. The Bertz CT molecular complexity index is 632. The fraction of sp³-hybridized carbons (Fsp3) is 0.421. The molecule has 134 valence electrons. The van der Waals surface area contributed by atoms with Gasteiger partial charge < -0.3 is 5.32 Å². The largest absolute Gasteiger partial charge is 0.347 e. The maximum atomic E-state index is 11.9. The van der Waals surface area contributed by atoms with Crippen molar-refractivity contribution in [3.05, 3.63) is 41.5 Å². The van der Waals surface area contributed by atoms with Crippen LogP contribution in [-0.2, 0) is 14.4 Å². The second-order valence-electron chi connectivity index (χ2n) is 6.33. The molecule has 6 heteroatoms. The fourth-order valence-electron chi connectivity index (χ4n) is 2.74. The molecule has 1 saturated carbocycles. The number of hydrazine groups is 1. The van der Waals surface area contributed by atoms with Gasteiger partial charge in [0, 0.05) is 12.0 Å². The summed E-state index contributed by atoms with van der Waals surface area (Å²) in [6.45, 7) is 1.85. The third kappa shape index (κ3) is 6.79. The highest BCUT2D eigenvalue weighted by Crippen LogP contribution is 2.23. The number of aryl methyl sites for hydroxylation is 1. The number of carbonyl (C=O) groups is 3. The predicted molar refractivity (Wildman–Crippen MR) is 96.1 cm³/mol. The first-order valence-corrected chi connectivity index (χ1v) is 8.66. The number of rotatable bonds is 5. The molecule has 0 heterocycles. The van der Waals surface area contributed by atoms with E-state index in [1.54, 1.807) is 6.08 Å². The molecule has 0 atom stereocenters. The predicted octanol–water partition coefficient (Wildman–Crippen LogP) is 1.85. The summed E-state index contributed by atoms with van der Waals surface area (Å²) in [5, 5.41) is 2.62. The van der Waals surface area contributed by atoms with Crippen LogP contribution in [0.3, 0.4) is 0 Å². The highest BCUT2D eigenvalue weighted by atomic mass is 16.2. The summed E-state index contributed by atoms with van der Waals surface area (Å²) < 4.78 is 0. The van der Waals surface area contributed by atoms with E-state index in [2.05, 4.69) is 16.2 Å². The first-order chi connectivity index (χ1) is 12.0. The summed E-state index contributed by atoms with van der Waals surface area (Å²) >= 11 is 0. The van der Waals surface area contributed by atoms with Crippen molar-refractivity contribution in [2.75, 3.05) is 6.54 Å². The zero-order valence-electron chi connectivity index (χ0n) is 14.5. The van der Waals surface area contributed by atoms with Crippen LogP contribution in [0.25, 0.3) is 6.08 Å². The molecule has 1 aromatic carbocycles. The van der Waals surface area contributed by atoms with E-state index in [4.69, 9.17) is 0 Å². The van der Waals surface area contributed by atoms with Gasteiger partial charge in [0.05, 0.1) is 6.54 Å². The van der Waals surface area contributed by atoms with Gasteiger partial charge in [0.2, 0.25) is 5.91 Å². The Balaban J connectivity index is 1.65. The van der Waals surface area contributed by atoms with Gasteiger partial charge in [-0.15, -0.1) is 0 Å². The van der Waals surface area contributed by atoms with Crippen LogP contribution >= 0.6 is 0 Å². The van der Waals surface area contributed by atoms with E-state index in [9.17, 15) is 14.4 Å². The van der Waals surface area contributed by atoms with E-state index in [0.717, 1.165) is 36.8 Å². The van der Waals surface area contributed by atoms with Crippen LogP contribution in [0.5, 0.6) is 0 Å². The highest BCUT2D eigenvalue weighted by molar-refractivity contribution is 5.93. The first kappa shape index (κ1) is 18.7. The summed E-state index contributed by atoms with van der Waals surface area (Å²) in [7, 11) is 0. The number of benzene rings is 1. The Morgan fingerprint density at radius 1 is 1.04 bits per heavy atom. The number of nitrogens with one attached hydrogen (secondary N) is 3. The van der Waals surface area contributed by atoms with Crippen LogP contribution in [0, 0.1) is 12.8 Å². The Morgan fingerprint density at radius 2 is 1.72 bits per heavy atom. The molecule has 3 N–H and O–H groups in total. The van der Waals surface area contributed by atoms with Gasteiger partial charge >= 0.3 is 0 Å². The minimum absolute atomic E-state index is 0.00795. The summed E-state index contributed by atoms with van der Waals surface area (Å²) in [6, 6.07) is 7.71. The average molecular weight is 343 g/mol. The molecule has 0 spiro atoms. The molecule has 2 rings (SSSR count). The van der Waals surface area contributed by atoms with Crippen molar-refractivity contribution in [3.8, 4) is 0 Å². The Labute approximate surface area is 148 Å². The Morgan fingerprint density at radius 3 is 2.40 bits per heavy atom. The van der Waals surface area contributed by atoms with E-state index in [1.165, 1.54) is 12.5 Å². The molecule has 0 saturated heterocycles. The van der Waals surface area contributed by atoms with E-state index in [-0.39, 0.29) is 18.4 Å². The minimum atomic E-state index is -0.457. The maximum absolute atomic E-state index is 11.9. The van der Waals surface area contributed by atoms with Gasteiger partial charge in [0.1, 0.15) is 0 Å². The molecule has 0 aromatic heterocycles. The van der Waals surface area contributed by atoms with Crippen molar-refractivity contribution in [3.63, 3.8) is 0 Å². The topological polar surface area (TPSA) is 87.3 Å². The first-order valence-electron chi connectivity index (χ1n) is 8.66. The molecule has 1 aliphatic carbocycles. The second-order valence-corrected chi connectivity index (χ2v) is 6.33. The van der Waals surface area contributed by atoms with Crippen LogP contribution in [0.15, 0.2) is 30.3 Å². The molecular formula is C19H25N3O3. The van der Waals surface area contributed by atoms with Gasteiger partial charge in [-0.25, -0.2) is 0 Å². The summed E-state index contributed by atoms with van der Waals surface area (Å²) in [5.74, 6) is -0.970. The number of hydrogen-bond acceptors (Lipinski definition) is 3. The zero-order chi connectivity index (χ0) is 18.1. The van der Waals surface area contributed by atoms with Crippen molar-refractivity contribution >= 4 is 23.8 Å². The molecule has 0 radical (unpaired) electrons. The highest BCUT2D eigenvalue weighted by Gasteiger charge is 2.21.